The van der Waals surface area contributed by atoms with Crippen molar-refractivity contribution in [2.75, 3.05) is 12.4 Å². The van der Waals surface area contributed by atoms with Crippen LogP contribution in [0, 0.1) is 13.8 Å². The van der Waals surface area contributed by atoms with E-state index >= 15 is 0 Å². The Labute approximate surface area is 155 Å². The van der Waals surface area contributed by atoms with Gasteiger partial charge in [-0.3, -0.25) is 9.59 Å². The van der Waals surface area contributed by atoms with E-state index in [0.29, 0.717) is 17.1 Å². The van der Waals surface area contributed by atoms with Gasteiger partial charge in [-0.15, -0.1) is 0 Å². The zero-order valence-corrected chi connectivity index (χ0v) is 15.2. The molecule has 0 saturated heterocycles. The fourth-order valence-corrected chi connectivity index (χ4v) is 2.86. The number of aryl methyl sites for hydroxylation is 2. The van der Waals surface area contributed by atoms with Gasteiger partial charge < -0.3 is 15.0 Å². The van der Waals surface area contributed by atoms with Gasteiger partial charge in [-0.25, -0.2) is 9.36 Å². The molecule has 0 aliphatic rings. The van der Waals surface area contributed by atoms with Gasteiger partial charge in [-0.05, 0) is 49.2 Å². The molecule has 0 aliphatic heterocycles. The predicted molar refractivity (Wildman–Crippen MR) is 103 cm³/mol. The minimum atomic E-state index is -0.714. The van der Waals surface area contributed by atoms with Crippen LogP contribution in [0.25, 0.3) is 5.69 Å². The Balaban J connectivity index is 2.03. The number of rotatable bonds is 4. The number of amides is 1. The number of ether oxygens (including phenoxy) is 1. The van der Waals surface area contributed by atoms with Gasteiger partial charge >= 0.3 is 5.69 Å². The summed E-state index contributed by atoms with van der Waals surface area (Å²) in [4.78, 5) is 40.0. The third-order valence-corrected chi connectivity index (χ3v) is 4.01. The predicted octanol–water partition coefficient (Wildman–Crippen LogP) is 2.40. The van der Waals surface area contributed by atoms with Crippen molar-refractivity contribution in [2.24, 2.45) is 0 Å². The SMILES string of the molecule is COc1cccc(-n2c(=O)[nH]cc(C(=O)Nc3cc(C)cc(C)c3)c2=O)c1. The number of hydrogen-bond acceptors (Lipinski definition) is 4. The third kappa shape index (κ3) is 3.82. The third-order valence-electron chi connectivity index (χ3n) is 4.01. The first-order chi connectivity index (χ1) is 12.9. The number of benzene rings is 2. The second-order valence-corrected chi connectivity index (χ2v) is 6.18. The molecule has 2 aromatic carbocycles. The van der Waals surface area contributed by atoms with Crippen LogP contribution in [0.5, 0.6) is 5.75 Å². The van der Waals surface area contributed by atoms with E-state index in [1.54, 1.807) is 36.4 Å². The van der Waals surface area contributed by atoms with E-state index in [1.165, 1.54) is 7.11 Å². The topological polar surface area (TPSA) is 93.2 Å². The van der Waals surface area contributed by atoms with Gasteiger partial charge in [-0.2, -0.15) is 0 Å². The van der Waals surface area contributed by atoms with Crippen molar-refractivity contribution in [3.05, 3.63) is 86.2 Å². The van der Waals surface area contributed by atoms with E-state index < -0.39 is 17.2 Å². The number of aromatic nitrogens is 2. The quantitative estimate of drug-likeness (QED) is 0.742. The molecular weight excluding hydrogens is 346 g/mol. The Morgan fingerprint density at radius 3 is 2.44 bits per heavy atom. The number of nitrogens with one attached hydrogen (secondary N) is 2. The van der Waals surface area contributed by atoms with Gasteiger partial charge in [0.2, 0.25) is 0 Å². The largest absolute Gasteiger partial charge is 0.497 e. The molecule has 0 radical (unpaired) electrons. The van der Waals surface area contributed by atoms with Crippen molar-refractivity contribution in [1.82, 2.24) is 9.55 Å². The summed E-state index contributed by atoms with van der Waals surface area (Å²) in [7, 11) is 1.49. The van der Waals surface area contributed by atoms with Crippen LogP contribution in [0.4, 0.5) is 5.69 Å². The maximum atomic E-state index is 12.8. The second kappa shape index (κ2) is 7.33. The molecule has 27 heavy (non-hydrogen) atoms. The summed E-state index contributed by atoms with van der Waals surface area (Å²) in [5.74, 6) is -0.109. The monoisotopic (exact) mass is 365 g/mol. The minimum absolute atomic E-state index is 0.170. The number of methoxy groups -OCH3 is 1. The van der Waals surface area contributed by atoms with Crippen LogP contribution < -0.4 is 21.3 Å². The van der Waals surface area contributed by atoms with Crippen LogP contribution >= 0.6 is 0 Å². The second-order valence-electron chi connectivity index (χ2n) is 6.18. The zero-order chi connectivity index (χ0) is 19.6. The molecule has 3 aromatic rings. The average Bonchev–Trinajstić information content (AvgIpc) is 2.61. The van der Waals surface area contributed by atoms with E-state index in [0.717, 1.165) is 21.9 Å². The molecule has 2 N–H and O–H groups in total. The van der Waals surface area contributed by atoms with Crippen molar-refractivity contribution >= 4 is 11.6 Å². The fourth-order valence-electron chi connectivity index (χ4n) is 2.86. The highest BCUT2D eigenvalue weighted by molar-refractivity contribution is 6.03. The lowest BCUT2D eigenvalue weighted by atomic mass is 10.1. The summed E-state index contributed by atoms with van der Waals surface area (Å²) in [5, 5.41) is 2.70. The molecule has 1 heterocycles. The summed E-state index contributed by atoms with van der Waals surface area (Å²) >= 11 is 0. The summed E-state index contributed by atoms with van der Waals surface area (Å²) in [6.45, 7) is 3.83. The molecule has 1 amide bonds. The Kier molecular flexibility index (Phi) is 4.94. The van der Waals surface area contributed by atoms with Gasteiger partial charge in [0.05, 0.1) is 12.8 Å². The number of aromatic amines is 1. The van der Waals surface area contributed by atoms with Crippen molar-refractivity contribution in [2.45, 2.75) is 13.8 Å². The highest BCUT2D eigenvalue weighted by atomic mass is 16.5. The Bertz CT molecular complexity index is 1110. The lowest BCUT2D eigenvalue weighted by Gasteiger charge is -2.10. The number of hydrogen-bond donors (Lipinski definition) is 2. The maximum absolute atomic E-state index is 12.8. The van der Waals surface area contributed by atoms with Gasteiger partial charge in [0.15, 0.2) is 0 Å². The first-order valence-corrected chi connectivity index (χ1v) is 8.28. The first kappa shape index (κ1) is 18.2. The van der Waals surface area contributed by atoms with Crippen LogP contribution in [-0.4, -0.2) is 22.6 Å². The Morgan fingerprint density at radius 1 is 1.07 bits per heavy atom. The highest BCUT2D eigenvalue weighted by Crippen LogP contribution is 2.15. The highest BCUT2D eigenvalue weighted by Gasteiger charge is 2.16. The normalized spacial score (nSPS) is 10.5. The Hall–Kier alpha value is -3.61. The fraction of sp³-hybridized carbons (Fsp3) is 0.150. The lowest BCUT2D eigenvalue weighted by Crippen LogP contribution is -2.38. The van der Waals surface area contributed by atoms with Gasteiger partial charge in [0, 0.05) is 18.0 Å². The molecule has 138 valence electrons. The zero-order valence-electron chi connectivity index (χ0n) is 15.2. The summed E-state index contributed by atoms with van der Waals surface area (Å²) in [6, 6.07) is 12.1. The molecule has 0 atom stereocenters. The van der Waals surface area contributed by atoms with E-state index in [9.17, 15) is 14.4 Å². The molecule has 7 nitrogen and oxygen atoms in total. The average molecular weight is 365 g/mol. The molecule has 0 fully saturated rings. The van der Waals surface area contributed by atoms with E-state index in [1.807, 2.05) is 19.9 Å². The molecule has 3 rings (SSSR count). The minimum Gasteiger partial charge on any atom is -0.497 e. The van der Waals surface area contributed by atoms with Crippen LogP contribution in [0.2, 0.25) is 0 Å². The number of nitrogens with zero attached hydrogens (tertiary/aromatic N) is 1. The summed E-state index contributed by atoms with van der Waals surface area (Å²) in [5.41, 5.74) is 1.33. The molecular formula is C20H19N3O4. The van der Waals surface area contributed by atoms with Gasteiger partial charge in [0.1, 0.15) is 11.3 Å². The Morgan fingerprint density at radius 2 is 1.78 bits per heavy atom. The maximum Gasteiger partial charge on any atom is 0.333 e. The van der Waals surface area contributed by atoms with Crippen molar-refractivity contribution in [1.29, 1.82) is 0 Å². The molecule has 1 aromatic heterocycles. The summed E-state index contributed by atoms with van der Waals surface area (Å²) in [6.07, 6.45) is 1.12. The number of H-pyrrole nitrogens is 1. The molecule has 0 unspecified atom stereocenters. The number of carbonyl (C=O) groups excluding carboxylic acids is 1. The van der Waals surface area contributed by atoms with E-state index in [2.05, 4.69) is 10.3 Å². The smallest absolute Gasteiger partial charge is 0.333 e. The van der Waals surface area contributed by atoms with Crippen molar-refractivity contribution in [3.63, 3.8) is 0 Å². The van der Waals surface area contributed by atoms with E-state index in [-0.39, 0.29) is 5.56 Å². The molecule has 7 heteroatoms. The molecule has 0 spiro atoms. The summed E-state index contributed by atoms with van der Waals surface area (Å²) < 4.78 is 6.03. The van der Waals surface area contributed by atoms with Crippen molar-refractivity contribution in [3.8, 4) is 11.4 Å². The van der Waals surface area contributed by atoms with Crippen molar-refractivity contribution < 1.29 is 9.53 Å². The van der Waals surface area contributed by atoms with Crippen LogP contribution in [0.15, 0.2) is 58.3 Å². The number of anilines is 1. The first-order valence-electron chi connectivity index (χ1n) is 8.28. The molecule has 0 saturated carbocycles. The van der Waals surface area contributed by atoms with Gasteiger partial charge in [0.25, 0.3) is 11.5 Å². The molecule has 0 aliphatic carbocycles. The van der Waals surface area contributed by atoms with Crippen LogP contribution in [0.3, 0.4) is 0 Å². The number of carbonyl (C=O) groups is 1. The van der Waals surface area contributed by atoms with Crippen LogP contribution in [0.1, 0.15) is 21.5 Å². The molecule has 0 bridgehead atoms. The van der Waals surface area contributed by atoms with Crippen LogP contribution in [-0.2, 0) is 0 Å². The lowest BCUT2D eigenvalue weighted by molar-refractivity contribution is 0.102. The van der Waals surface area contributed by atoms with Gasteiger partial charge in [-0.1, -0.05) is 12.1 Å². The van der Waals surface area contributed by atoms with E-state index in [4.69, 9.17) is 4.74 Å². The standard InChI is InChI=1S/C20H19N3O4/c1-12-7-13(2)9-14(8-12)22-18(24)17-11-21-20(26)23(19(17)25)15-5-4-6-16(10-15)27-3/h4-11H,1-3H3,(H,21,26)(H,22,24).